The number of esters is 1. The molecule has 0 aromatic heterocycles. The first-order valence-corrected chi connectivity index (χ1v) is 11.4. The first kappa shape index (κ1) is 23.3. The Balaban J connectivity index is 1.55. The highest BCUT2D eigenvalue weighted by Gasteiger charge is 2.28. The summed E-state index contributed by atoms with van der Waals surface area (Å²) >= 11 is 0. The molecule has 3 rings (SSSR count). The van der Waals surface area contributed by atoms with E-state index in [1.165, 1.54) is 6.08 Å². The van der Waals surface area contributed by atoms with Crippen molar-refractivity contribution in [2.45, 2.75) is 19.9 Å². The van der Waals surface area contributed by atoms with Gasteiger partial charge in [-0.3, -0.25) is 9.59 Å². The van der Waals surface area contributed by atoms with Crippen LogP contribution >= 0.6 is 0 Å². The Morgan fingerprint density at radius 1 is 1.09 bits per heavy atom. The van der Waals surface area contributed by atoms with Crippen LogP contribution in [0.3, 0.4) is 0 Å². The van der Waals surface area contributed by atoms with Crippen molar-refractivity contribution in [2.75, 3.05) is 18.7 Å². The second kappa shape index (κ2) is 10.3. The molecular weight excluding hydrogens is 436 g/mol. The minimum atomic E-state index is -3.92. The molecule has 0 radical (unpaired) electrons. The molecule has 0 bridgehead atoms. The van der Waals surface area contributed by atoms with E-state index in [0.717, 1.165) is 5.41 Å². The smallest absolute Gasteiger partial charge is 0.324 e. The first-order valence-electron chi connectivity index (χ1n) is 9.85. The molecule has 32 heavy (non-hydrogen) atoms. The minimum Gasteiger partial charge on any atom is -0.454 e. The fourth-order valence-electron chi connectivity index (χ4n) is 2.80. The number of hydrogen-bond acceptors (Lipinski definition) is 7. The summed E-state index contributed by atoms with van der Waals surface area (Å²) in [4.78, 5) is 24.6. The second-order valence-electron chi connectivity index (χ2n) is 7.32. The van der Waals surface area contributed by atoms with E-state index in [1.807, 2.05) is 6.07 Å². The Labute approximate surface area is 186 Å². The monoisotopic (exact) mass is 460 g/mol. The van der Waals surface area contributed by atoms with E-state index in [9.17, 15) is 18.0 Å². The number of fused-ring (bicyclic) bond motifs is 1. The van der Waals surface area contributed by atoms with Crippen LogP contribution in [-0.4, -0.2) is 39.7 Å². The molecule has 9 nitrogen and oxygen atoms in total. The van der Waals surface area contributed by atoms with Gasteiger partial charge < -0.3 is 19.5 Å². The first-order chi connectivity index (χ1) is 15.2. The lowest BCUT2D eigenvalue weighted by Gasteiger charge is -2.19. The number of hydrogen-bond donors (Lipinski definition) is 2. The molecule has 1 heterocycles. The van der Waals surface area contributed by atoms with Crippen LogP contribution in [0.2, 0.25) is 0 Å². The van der Waals surface area contributed by atoms with E-state index in [1.54, 1.807) is 56.3 Å². The molecule has 0 spiro atoms. The Bertz CT molecular complexity index is 1100. The molecule has 1 aliphatic heterocycles. The Kier molecular flexibility index (Phi) is 7.49. The van der Waals surface area contributed by atoms with Gasteiger partial charge in [0, 0.05) is 17.2 Å². The maximum absolute atomic E-state index is 12.5. The SMILES string of the molecule is CC(C)[C@H](NS(=O)(=O)/C=C/c1ccccc1)C(=O)OCC(=O)Nc1ccc2c(c1)OCO2. The fourth-order valence-corrected chi connectivity index (χ4v) is 3.94. The lowest BCUT2D eigenvalue weighted by molar-refractivity contribution is -0.150. The quantitative estimate of drug-likeness (QED) is 0.552. The number of carbonyl (C=O) groups excluding carboxylic acids is 2. The number of ether oxygens (including phenoxy) is 3. The van der Waals surface area contributed by atoms with Gasteiger partial charge in [0.2, 0.25) is 16.8 Å². The number of amides is 1. The third-order valence-corrected chi connectivity index (χ3v) is 5.53. The van der Waals surface area contributed by atoms with Gasteiger partial charge in [0.25, 0.3) is 5.91 Å². The van der Waals surface area contributed by atoms with Crippen LogP contribution in [0, 0.1) is 5.92 Å². The number of sulfonamides is 1. The molecule has 0 unspecified atom stereocenters. The van der Waals surface area contributed by atoms with Crippen LogP contribution in [0.1, 0.15) is 19.4 Å². The molecule has 0 saturated carbocycles. The highest BCUT2D eigenvalue weighted by Crippen LogP contribution is 2.34. The van der Waals surface area contributed by atoms with Crippen LogP contribution in [0.25, 0.3) is 6.08 Å². The molecule has 1 amide bonds. The van der Waals surface area contributed by atoms with Gasteiger partial charge in [0.1, 0.15) is 6.04 Å². The van der Waals surface area contributed by atoms with E-state index in [2.05, 4.69) is 10.0 Å². The van der Waals surface area contributed by atoms with Gasteiger partial charge in [-0.15, -0.1) is 0 Å². The van der Waals surface area contributed by atoms with Crippen molar-refractivity contribution in [3.8, 4) is 11.5 Å². The largest absolute Gasteiger partial charge is 0.454 e. The summed E-state index contributed by atoms with van der Waals surface area (Å²) in [7, 11) is -3.92. The number of nitrogens with one attached hydrogen (secondary N) is 2. The molecule has 0 aliphatic carbocycles. The average molecular weight is 461 g/mol. The molecular formula is C22H24N2O7S. The summed E-state index contributed by atoms with van der Waals surface area (Å²) in [5.41, 5.74) is 1.14. The van der Waals surface area contributed by atoms with Crippen molar-refractivity contribution >= 4 is 33.7 Å². The van der Waals surface area contributed by atoms with Gasteiger partial charge in [-0.2, -0.15) is 4.72 Å². The number of anilines is 1. The Hall–Kier alpha value is -3.37. The zero-order chi connectivity index (χ0) is 23.1. The third-order valence-electron chi connectivity index (χ3n) is 4.45. The van der Waals surface area contributed by atoms with Crippen molar-refractivity contribution in [1.82, 2.24) is 4.72 Å². The molecule has 10 heteroatoms. The molecule has 2 N–H and O–H groups in total. The normalized spacial score (nSPS) is 13.8. The van der Waals surface area contributed by atoms with Crippen LogP contribution in [0.15, 0.2) is 53.9 Å². The van der Waals surface area contributed by atoms with Crippen LogP contribution in [0.5, 0.6) is 11.5 Å². The van der Waals surface area contributed by atoms with Crippen molar-refractivity contribution in [3.05, 3.63) is 59.5 Å². The summed E-state index contributed by atoms with van der Waals surface area (Å²) < 4.78 is 42.6. The summed E-state index contributed by atoms with van der Waals surface area (Å²) in [5, 5.41) is 3.56. The van der Waals surface area contributed by atoms with Gasteiger partial charge in [0.05, 0.1) is 0 Å². The van der Waals surface area contributed by atoms with Gasteiger partial charge >= 0.3 is 5.97 Å². The van der Waals surface area contributed by atoms with Crippen LogP contribution in [0.4, 0.5) is 5.69 Å². The predicted octanol–water partition coefficient (Wildman–Crippen LogP) is 2.51. The summed E-state index contributed by atoms with van der Waals surface area (Å²) in [6, 6.07) is 12.6. The highest BCUT2D eigenvalue weighted by molar-refractivity contribution is 7.92. The van der Waals surface area contributed by atoms with Gasteiger partial charge in [-0.25, -0.2) is 8.42 Å². The van der Waals surface area contributed by atoms with Gasteiger partial charge in [-0.05, 0) is 29.7 Å². The maximum Gasteiger partial charge on any atom is 0.324 e. The van der Waals surface area contributed by atoms with E-state index in [-0.39, 0.29) is 6.79 Å². The van der Waals surface area contributed by atoms with E-state index in [0.29, 0.717) is 22.7 Å². The Morgan fingerprint density at radius 3 is 2.53 bits per heavy atom. The van der Waals surface area contributed by atoms with Crippen molar-refractivity contribution in [2.24, 2.45) is 5.92 Å². The molecule has 1 aliphatic rings. The zero-order valence-corrected chi connectivity index (χ0v) is 18.4. The average Bonchev–Trinajstić information content (AvgIpc) is 3.23. The van der Waals surface area contributed by atoms with Crippen molar-refractivity contribution in [1.29, 1.82) is 0 Å². The van der Waals surface area contributed by atoms with Crippen molar-refractivity contribution in [3.63, 3.8) is 0 Å². The van der Waals surface area contributed by atoms with Gasteiger partial charge in [0.15, 0.2) is 18.1 Å². The zero-order valence-electron chi connectivity index (χ0n) is 17.6. The molecule has 2 aromatic rings. The van der Waals surface area contributed by atoms with E-state index < -0.39 is 40.5 Å². The lowest BCUT2D eigenvalue weighted by Crippen LogP contribution is -2.45. The maximum atomic E-state index is 12.5. The van der Waals surface area contributed by atoms with E-state index >= 15 is 0 Å². The molecule has 170 valence electrons. The molecule has 0 fully saturated rings. The number of carbonyl (C=O) groups is 2. The predicted molar refractivity (Wildman–Crippen MR) is 118 cm³/mol. The molecule has 1 atom stereocenters. The number of benzene rings is 2. The summed E-state index contributed by atoms with van der Waals surface area (Å²) in [6.45, 7) is 2.87. The number of rotatable bonds is 9. The van der Waals surface area contributed by atoms with Crippen LogP contribution < -0.4 is 19.5 Å². The second-order valence-corrected chi connectivity index (χ2v) is 8.92. The topological polar surface area (TPSA) is 120 Å². The lowest BCUT2D eigenvalue weighted by atomic mass is 10.1. The fraction of sp³-hybridized carbons (Fsp3) is 0.273. The molecule has 0 saturated heterocycles. The van der Waals surface area contributed by atoms with Crippen LogP contribution in [-0.2, 0) is 24.3 Å². The third kappa shape index (κ3) is 6.56. The standard InChI is InChI=1S/C22H24N2O7S/c1-15(2)21(24-32(27,28)11-10-16-6-4-3-5-7-16)22(26)29-13-20(25)23-17-8-9-18-19(12-17)31-14-30-18/h3-12,15,21,24H,13-14H2,1-2H3,(H,23,25)/b11-10+/t21-/m0/s1. The Morgan fingerprint density at radius 2 is 1.81 bits per heavy atom. The van der Waals surface area contributed by atoms with Crippen molar-refractivity contribution < 1.29 is 32.2 Å². The summed E-state index contributed by atoms with van der Waals surface area (Å²) in [5.74, 6) is -0.760. The van der Waals surface area contributed by atoms with Gasteiger partial charge in [-0.1, -0.05) is 44.2 Å². The van der Waals surface area contributed by atoms with E-state index in [4.69, 9.17) is 14.2 Å². The summed E-state index contributed by atoms with van der Waals surface area (Å²) in [6.07, 6.45) is 1.42. The molecule has 2 aromatic carbocycles. The minimum absolute atomic E-state index is 0.109. The highest BCUT2D eigenvalue weighted by atomic mass is 32.2.